The number of carbonyl (C=O) groups excluding carboxylic acids is 1. The smallest absolute Gasteiger partial charge is 0.150 e. The number of aldehydes is 1. The van der Waals surface area contributed by atoms with E-state index in [-0.39, 0.29) is 0 Å². The van der Waals surface area contributed by atoms with E-state index in [9.17, 15) is 9.90 Å². The standard InChI is InChI=1S/C11H12O2/c12-7-9-3-1-2-4-10(9)11(13)8-5-6-8/h1-4,7-8,11,13H,5-6H2. The maximum Gasteiger partial charge on any atom is 0.150 e. The average Bonchev–Trinajstić information content (AvgIpc) is 3.00. The normalized spacial score (nSPS) is 18.2. The molecule has 2 rings (SSSR count). The van der Waals surface area contributed by atoms with E-state index in [0.29, 0.717) is 11.5 Å². The summed E-state index contributed by atoms with van der Waals surface area (Å²) in [5.74, 6) is 0.376. The maximum atomic E-state index is 10.7. The molecule has 1 fully saturated rings. The highest BCUT2D eigenvalue weighted by atomic mass is 16.3. The molecule has 0 heterocycles. The third-order valence-corrected chi connectivity index (χ3v) is 2.51. The molecule has 1 atom stereocenters. The summed E-state index contributed by atoms with van der Waals surface area (Å²) in [7, 11) is 0. The van der Waals surface area contributed by atoms with Crippen molar-refractivity contribution in [3.05, 3.63) is 35.4 Å². The zero-order chi connectivity index (χ0) is 9.26. The molecular weight excluding hydrogens is 164 g/mol. The van der Waals surface area contributed by atoms with Gasteiger partial charge in [0.25, 0.3) is 0 Å². The maximum absolute atomic E-state index is 10.7. The molecular formula is C11H12O2. The lowest BCUT2D eigenvalue weighted by Crippen LogP contribution is -2.03. The molecule has 1 N–H and O–H groups in total. The van der Waals surface area contributed by atoms with Crippen molar-refractivity contribution in [3.8, 4) is 0 Å². The van der Waals surface area contributed by atoms with E-state index >= 15 is 0 Å². The van der Waals surface area contributed by atoms with E-state index in [4.69, 9.17) is 0 Å². The molecule has 0 spiro atoms. The number of aliphatic hydroxyl groups is 1. The molecule has 68 valence electrons. The second-order valence-electron chi connectivity index (χ2n) is 3.53. The van der Waals surface area contributed by atoms with Gasteiger partial charge in [-0.15, -0.1) is 0 Å². The average molecular weight is 176 g/mol. The lowest BCUT2D eigenvalue weighted by atomic mass is 10.0. The van der Waals surface area contributed by atoms with Gasteiger partial charge in [-0.2, -0.15) is 0 Å². The number of aliphatic hydroxyl groups excluding tert-OH is 1. The second kappa shape index (κ2) is 3.30. The van der Waals surface area contributed by atoms with Crippen LogP contribution in [0, 0.1) is 5.92 Å². The van der Waals surface area contributed by atoms with E-state index < -0.39 is 6.10 Å². The van der Waals surface area contributed by atoms with Crippen molar-refractivity contribution >= 4 is 6.29 Å². The number of benzene rings is 1. The fraction of sp³-hybridized carbons (Fsp3) is 0.364. The van der Waals surface area contributed by atoms with E-state index in [1.807, 2.05) is 18.2 Å². The number of hydrogen-bond donors (Lipinski definition) is 1. The molecule has 1 unspecified atom stereocenters. The summed E-state index contributed by atoms with van der Waals surface area (Å²) in [5.41, 5.74) is 1.39. The lowest BCUT2D eigenvalue weighted by Gasteiger charge is -2.11. The van der Waals surface area contributed by atoms with Crippen molar-refractivity contribution < 1.29 is 9.90 Å². The molecule has 1 aromatic carbocycles. The van der Waals surface area contributed by atoms with Crippen LogP contribution in [0.3, 0.4) is 0 Å². The van der Waals surface area contributed by atoms with Crippen LogP contribution in [0.25, 0.3) is 0 Å². The van der Waals surface area contributed by atoms with E-state index in [1.54, 1.807) is 6.07 Å². The van der Waals surface area contributed by atoms with Crippen molar-refractivity contribution in [2.75, 3.05) is 0 Å². The Labute approximate surface area is 77.2 Å². The quantitative estimate of drug-likeness (QED) is 0.714. The van der Waals surface area contributed by atoms with Crippen molar-refractivity contribution in [2.24, 2.45) is 5.92 Å². The summed E-state index contributed by atoms with van der Waals surface area (Å²) in [4.78, 5) is 10.7. The highest BCUT2D eigenvalue weighted by Gasteiger charge is 2.31. The predicted octanol–water partition coefficient (Wildman–Crippen LogP) is 1.94. The van der Waals surface area contributed by atoms with Crippen molar-refractivity contribution in [2.45, 2.75) is 18.9 Å². The molecule has 0 radical (unpaired) electrons. The Morgan fingerprint density at radius 3 is 2.69 bits per heavy atom. The van der Waals surface area contributed by atoms with Gasteiger partial charge in [0.15, 0.2) is 0 Å². The Hall–Kier alpha value is -1.15. The highest BCUT2D eigenvalue weighted by Crippen LogP contribution is 2.41. The van der Waals surface area contributed by atoms with Crippen LogP contribution >= 0.6 is 0 Å². The Bertz CT molecular complexity index is 316. The molecule has 1 aromatic rings. The summed E-state index contributed by atoms with van der Waals surface area (Å²) in [6.07, 6.45) is 2.52. The van der Waals surface area contributed by atoms with Gasteiger partial charge in [-0.3, -0.25) is 4.79 Å². The van der Waals surface area contributed by atoms with E-state index in [1.165, 1.54) is 0 Å². The highest BCUT2D eigenvalue weighted by molar-refractivity contribution is 5.77. The molecule has 1 saturated carbocycles. The SMILES string of the molecule is O=Cc1ccccc1C(O)C1CC1. The van der Waals surface area contributed by atoms with Crippen LogP contribution < -0.4 is 0 Å². The summed E-state index contributed by atoms with van der Waals surface area (Å²) in [5, 5.41) is 9.81. The second-order valence-corrected chi connectivity index (χ2v) is 3.53. The van der Waals surface area contributed by atoms with Crippen LogP contribution in [-0.4, -0.2) is 11.4 Å². The number of rotatable bonds is 3. The van der Waals surface area contributed by atoms with Gasteiger partial charge in [0.1, 0.15) is 6.29 Å². The van der Waals surface area contributed by atoms with Crippen molar-refractivity contribution in [1.29, 1.82) is 0 Å². The van der Waals surface area contributed by atoms with E-state index in [0.717, 1.165) is 24.7 Å². The minimum Gasteiger partial charge on any atom is -0.388 e. The van der Waals surface area contributed by atoms with Gasteiger partial charge in [-0.25, -0.2) is 0 Å². The van der Waals surface area contributed by atoms with Crippen LogP contribution in [0.5, 0.6) is 0 Å². The lowest BCUT2D eigenvalue weighted by molar-refractivity contribution is 0.111. The Morgan fingerprint density at radius 1 is 1.38 bits per heavy atom. The molecule has 1 aliphatic carbocycles. The molecule has 2 nitrogen and oxygen atoms in total. The molecule has 0 aromatic heterocycles. The van der Waals surface area contributed by atoms with Crippen molar-refractivity contribution in [3.63, 3.8) is 0 Å². The topological polar surface area (TPSA) is 37.3 Å². The minimum atomic E-state index is -0.443. The molecule has 2 heteroatoms. The Kier molecular flexibility index (Phi) is 2.15. The van der Waals surface area contributed by atoms with Gasteiger partial charge < -0.3 is 5.11 Å². The first kappa shape index (κ1) is 8.45. The summed E-state index contributed by atoms with van der Waals surface area (Å²) < 4.78 is 0. The zero-order valence-electron chi connectivity index (χ0n) is 7.31. The van der Waals surface area contributed by atoms with Crippen molar-refractivity contribution in [1.82, 2.24) is 0 Å². The van der Waals surface area contributed by atoms with Gasteiger partial charge in [0.05, 0.1) is 6.10 Å². The monoisotopic (exact) mass is 176 g/mol. The van der Waals surface area contributed by atoms with Gasteiger partial charge in [-0.1, -0.05) is 24.3 Å². The predicted molar refractivity (Wildman–Crippen MR) is 49.5 cm³/mol. The molecule has 13 heavy (non-hydrogen) atoms. The fourth-order valence-electron chi connectivity index (χ4n) is 1.55. The van der Waals surface area contributed by atoms with Gasteiger partial charge in [0.2, 0.25) is 0 Å². The van der Waals surface area contributed by atoms with E-state index in [2.05, 4.69) is 0 Å². The molecule has 0 aliphatic heterocycles. The largest absolute Gasteiger partial charge is 0.388 e. The molecule has 0 saturated heterocycles. The van der Waals surface area contributed by atoms with Gasteiger partial charge >= 0.3 is 0 Å². The van der Waals surface area contributed by atoms with Gasteiger partial charge in [-0.05, 0) is 24.3 Å². The Balaban J connectivity index is 2.31. The zero-order valence-corrected chi connectivity index (χ0v) is 7.31. The van der Waals surface area contributed by atoms with Crippen LogP contribution in [-0.2, 0) is 0 Å². The molecule has 0 amide bonds. The van der Waals surface area contributed by atoms with Crippen LogP contribution in [0.1, 0.15) is 34.9 Å². The Morgan fingerprint density at radius 2 is 2.08 bits per heavy atom. The third kappa shape index (κ3) is 1.63. The first-order chi connectivity index (χ1) is 6.33. The molecule has 0 bridgehead atoms. The van der Waals surface area contributed by atoms with Crippen LogP contribution in [0.15, 0.2) is 24.3 Å². The van der Waals surface area contributed by atoms with Crippen LogP contribution in [0.4, 0.5) is 0 Å². The molecule has 1 aliphatic rings. The summed E-state index contributed by atoms with van der Waals surface area (Å²) in [6, 6.07) is 7.24. The van der Waals surface area contributed by atoms with Crippen LogP contribution in [0.2, 0.25) is 0 Å². The van der Waals surface area contributed by atoms with Gasteiger partial charge in [0, 0.05) is 5.56 Å². The summed E-state index contributed by atoms with van der Waals surface area (Å²) >= 11 is 0. The first-order valence-corrected chi connectivity index (χ1v) is 4.55. The number of carbonyl (C=O) groups is 1. The summed E-state index contributed by atoms with van der Waals surface area (Å²) in [6.45, 7) is 0. The first-order valence-electron chi connectivity index (χ1n) is 4.55. The minimum absolute atomic E-state index is 0.376. The number of hydrogen-bond acceptors (Lipinski definition) is 2. The third-order valence-electron chi connectivity index (χ3n) is 2.51. The fourth-order valence-corrected chi connectivity index (χ4v) is 1.55.